The third kappa shape index (κ3) is 7.41. The van der Waals surface area contributed by atoms with Gasteiger partial charge in [-0.15, -0.1) is 0 Å². The second-order valence-corrected chi connectivity index (χ2v) is 12.6. The summed E-state index contributed by atoms with van der Waals surface area (Å²) < 4.78 is 43.7. The van der Waals surface area contributed by atoms with Crippen LogP contribution in [0, 0.1) is 5.82 Å². The zero-order valence-electron chi connectivity index (χ0n) is 21.7. The van der Waals surface area contributed by atoms with Crippen LogP contribution in [0.4, 0.5) is 10.1 Å². The van der Waals surface area contributed by atoms with Crippen molar-refractivity contribution in [1.29, 1.82) is 0 Å². The summed E-state index contributed by atoms with van der Waals surface area (Å²) in [5, 5.41) is 2.84. The van der Waals surface area contributed by atoms with Crippen molar-refractivity contribution in [2.75, 3.05) is 10.8 Å². The Kier molecular flexibility index (Phi) is 9.32. The molecule has 0 radical (unpaired) electrons. The lowest BCUT2D eigenvalue weighted by Gasteiger charge is -2.33. The predicted molar refractivity (Wildman–Crippen MR) is 149 cm³/mol. The molecular weight excluding hydrogens is 573 g/mol. The van der Waals surface area contributed by atoms with Crippen molar-refractivity contribution in [3.63, 3.8) is 0 Å². The van der Waals surface area contributed by atoms with Crippen LogP contribution < -0.4 is 9.62 Å². The van der Waals surface area contributed by atoms with Gasteiger partial charge in [-0.1, -0.05) is 52.3 Å². The summed E-state index contributed by atoms with van der Waals surface area (Å²) in [7, 11) is -4.16. The summed E-state index contributed by atoms with van der Waals surface area (Å²) >= 11 is 3.34. The van der Waals surface area contributed by atoms with Crippen LogP contribution in [0.25, 0.3) is 0 Å². The molecular formula is C28H31BrFN3O4S. The van der Waals surface area contributed by atoms with E-state index in [-0.39, 0.29) is 22.7 Å². The van der Waals surface area contributed by atoms with Gasteiger partial charge in [0.05, 0.1) is 10.6 Å². The van der Waals surface area contributed by atoms with E-state index in [1.807, 2.05) is 20.8 Å². The standard InChI is InChI=1S/C28H31BrFN3O4S/c1-20(27(35)31-28(2,3)4)32(18-21-10-8-9-13-25(21)30)26(34)19-33(23-16-14-22(29)15-17-23)38(36,37)24-11-6-5-7-12-24/h5-17,20H,18-19H2,1-4H3,(H,31,35)/t20-/m0/s1. The third-order valence-corrected chi connectivity index (χ3v) is 8.01. The molecule has 0 fully saturated rings. The highest BCUT2D eigenvalue weighted by molar-refractivity contribution is 9.10. The number of nitrogens with zero attached hydrogens (tertiary/aromatic N) is 2. The van der Waals surface area contributed by atoms with Gasteiger partial charge >= 0.3 is 0 Å². The number of hydrogen-bond donors (Lipinski definition) is 1. The average Bonchev–Trinajstić information content (AvgIpc) is 2.86. The molecule has 0 unspecified atom stereocenters. The molecule has 0 heterocycles. The number of amides is 2. The number of rotatable bonds is 9. The Bertz CT molecular complexity index is 1380. The van der Waals surface area contributed by atoms with E-state index >= 15 is 0 Å². The van der Waals surface area contributed by atoms with E-state index in [1.54, 1.807) is 48.5 Å². The molecule has 0 aromatic heterocycles. The van der Waals surface area contributed by atoms with Crippen LogP contribution in [-0.4, -0.2) is 43.3 Å². The van der Waals surface area contributed by atoms with E-state index in [0.717, 1.165) is 8.78 Å². The maximum atomic E-state index is 14.6. The minimum absolute atomic E-state index is 0.00916. The molecule has 7 nitrogen and oxygen atoms in total. The highest BCUT2D eigenvalue weighted by Crippen LogP contribution is 2.26. The summed E-state index contributed by atoms with van der Waals surface area (Å²) in [6.45, 7) is 6.15. The fourth-order valence-corrected chi connectivity index (χ4v) is 5.42. The van der Waals surface area contributed by atoms with Crippen molar-refractivity contribution in [2.24, 2.45) is 0 Å². The van der Waals surface area contributed by atoms with Crippen molar-refractivity contribution in [3.8, 4) is 0 Å². The van der Waals surface area contributed by atoms with Crippen LogP contribution in [0.5, 0.6) is 0 Å². The fraction of sp³-hybridized carbons (Fsp3) is 0.286. The van der Waals surface area contributed by atoms with Gasteiger partial charge < -0.3 is 10.2 Å². The van der Waals surface area contributed by atoms with Crippen LogP contribution in [0.15, 0.2) is 88.2 Å². The third-order valence-electron chi connectivity index (χ3n) is 5.69. The smallest absolute Gasteiger partial charge is 0.264 e. The summed E-state index contributed by atoms with van der Waals surface area (Å²) in [5.41, 5.74) is -0.0987. The summed E-state index contributed by atoms with van der Waals surface area (Å²) in [5.74, 6) is -1.63. The molecule has 202 valence electrons. The normalized spacial score (nSPS) is 12.5. The molecule has 2 amide bonds. The number of hydrogen-bond acceptors (Lipinski definition) is 4. The minimum Gasteiger partial charge on any atom is -0.350 e. The highest BCUT2D eigenvalue weighted by Gasteiger charge is 2.33. The van der Waals surface area contributed by atoms with Crippen molar-refractivity contribution < 1.29 is 22.4 Å². The molecule has 3 rings (SSSR count). The molecule has 1 N–H and O–H groups in total. The quantitative estimate of drug-likeness (QED) is 0.368. The van der Waals surface area contributed by atoms with Gasteiger partial charge in [0.15, 0.2) is 0 Å². The molecule has 0 aliphatic rings. The largest absolute Gasteiger partial charge is 0.350 e. The second kappa shape index (κ2) is 12.1. The number of carbonyl (C=O) groups is 2. The molecule has 10 heteroatoms. The van der Waals surface area contributed by atoms with Gasteiger partial charge in [0, 0.05) is 22.1 Å². The molecule has 38 heavy (non-hydrogen) atoms. The van der Waals surface area contributed by atoms with E-state index in [0.29, 0.717) is 0 Å². The Morgan fingerprint density at radius 3 is 2.11 bits per heavy atom. The Balaban J connectivity index is 2.03. The zero-order chi connectivity index (χ0) is 28.1. The van der Waals surface area contributed by atoms with Gasteiger partial charge in [-0.3, -0.25) is 13.9 Å². The first kappa shape index (κ1) is 29.3. The van der Waals surface area contributed by atoms with E-state index in [2.05, 4.69) is 21.2 Å². The maximum Gasteiger partial charge on any atom is 0.264 e. The molecule has 0 bridgehead atoms. The predicted octanol–water partition coefficient (Wildman–Crippen LogP) is 5.12. The lowest BCUT2D eigenvalue weighted by Crippen LogP contribution is -2.54. The monoisotopic (exact) mass is 603 g/mol. The molecule has 3 aromatic carbocycles. The van der Waals surface area contributed by atoms with Crippen LogP contribution in [0.1, 0.15) is 33.3 Å². The summed E-state index contributed by atoms with van der Waals surface area (Å²) in [4.78, 5) is 28.1. The Hall–Kier alpha value is -3.24. The topological polar surface area (TPSA) is 86.8 Å². The van der Waals surface area contributed by atoms with Crippen LogP contribution >= 0.6 is 15.9 Å². The molecule has 3 aromatic rings. The molecule has 0 aliphatic carbocycles. The second-order valence-electron chi connectivity index (χ2n) is 9.83. The highest BCUT2D eigenvalue weighted by atomic mass is 79.9. The van der Waals surface area contributed by atoms with E-state index in [4.69, 9.17) is 0 Å². The van der Waals surface area contributed by atoms with E-state index in [9.17, 15) is 22.4 Å². The Morgan fingerprint density at radius 2 is 1.53 bits per heavy atom. The zero-order valence-corrected chi connectivity index (χ0v) is 24.1. The van der Waals surface area contributed by atoms with Crippen molar-refractivity contribution in [3.05, 3.63) is 94.7 Å². The summed E-state index contributed by atoms with van der Waals surface area (Å²) in [6.07, 6.45) is 0. The van der Waals surface area contributed by atoms with Crippen molar-refractivity contribution >= 4 is 43.5 Å². The SMILES string of the molecule is C[C@@H](C(=O)NC(C)(C)C)N(Cc1ccccc1F)C(=O)CN(c1ccc(Br)cc1)S(=O)(=O)c1ccccc1. The Labute approximate surface area is 231 Å². The van der Waals surface area contributed by atoms with Crippen LogP contribution in [0.2, 0.25) is 0 Å². The molecule has 1 atom stereocenters. The number of anilines is 1. The number of carbonyl (C=O) groups excluding carboxylic acids is 2. The number of sulfonamides is 1. The lowest BCUT2D eigenvalue weighted by molar-refractivity contribution is -0.140. The van der Waals surface area contributed by atoms with E-state index in [1.165, 1.54) is 42.2 Å². The van der Waals surface area contributed by atoms with Gasteiger partial charge in [0.2, 0.25) is 11.8 Å². The average molecular weight is 605 g/mol. The first-order valence-electron chi connectivity index (χ1n) is 12.0. The van der Waals surface area contributed by atoms with Gasteiger partial charge in [-0.25, -0.2) is 12.8 Å². The van der Waals surface area contributed by atoms with Gasteiger partial charge in [0.25, 0.3) is 10.0 Å². The fourth-order valence-electron chi connectivity index (χ4n) is 3.72. The Morgan fingerprint density at radius 1 is 0.947 bits per heavy atom. The number of halogens is 2. The first-order chi connectivity index (χ1) is 17.8. The molecule has 0 aliphatic heterocycles. The van der Waals surface area contributed by atoms with Crippen LogP contribution in [-0.2, 0) is 26.2 Å². The molecule has 0 saturated heterocycles. The molecule has 0 saturated carbocycles. The number of nitrogens with one attached hydrogen (secondary N) is 1. The lowest BCUT2D eigenvalue weighted by atomic mass is 10.1. The molecule has 0 spiro atoms. The van der Waals surface area contributed by atoms with Crippen molar-refractivity contribution in [1.82, 2.24) is 10.2 Å². The number of benzene rings is 3. The maximum absolute atomic E-state index is 14.6. The van der Waals surface area contributed by atoms with Gasteiger partial charge in [0.1, 0.15) is 18.4 Å². The van der Waals surface area contributed by atoms with Gasteiger partial charge in [-0.2, -0.15) is 0 Å². The van der Waals surface area contributed by atoms with E-state index < -0.39 is 45.8 Å². The van der Waals surface area contributed by atoms with Crippen LogP contribution in [0.3, 0.4) is 0 Å². The van der Waals surface area contributed by atoms with Crippen molar-refractivity contribution in [2.45, 2.75) is 50.7 Å². The summed E-state index contributed by atoms with van der Waals surface area (Å²) in [6, 6.07) is 19.2. The first-order valence-corrected chi connectivity index (χ1v) is 14.2. The van der Waals surface area contributed by atoms with Gasteiger partial charge in [-0.05, 0) is 70.2 Å². The minimum atomic E-state index is -4.16.